The summed E-state index contributed by atoms with van der Waals surface area (Å²) in [7, 11) is 0. The highest BCUT2D eigenvalue weighted by Crippen LogP contribution is 2.33. The van der Waals surface area contributed by atoms with Gasteiger partial charge in [0.1, 0.15) is 0 Å². The maximum Gasteiger partial charge on any atom is 0.0582 e. The van der Waals surface area contributed by atoms with E-state index in [1.165, 1.54) is 0 Å². The first kappa shape index (κ1) is 9.01. The van der Waals surface area contributed by atoms with Crippen LogP contribution in [0.15, 0.2) is 0 Å². The van der Waals surface area contributed by atoms with E-state index in [4.69, 9.17) is 4.74 Å². The number of ether oxygens (including phenoxy) is 1. The molecule has 1 rings (SSSR count). The normalized spacial score (nSPS) is 33.0. The Morgan fingerprint density at radius 2 is 2.09 bits per heavy atom. The number of aliphatic hydroxyl groups is 1. The highest BCUT2D eigenvalue weighted by atomic mass is 16.5. The van der Waals surface area contributed by atoms with Crippen molar-refractivity contribution in [3.63, 3.8) is 0 Å². The van der Waals surface area contributed by atoms with Crippen LogP contribution in [-0.4, -0.2) is 23.9 Å². The molecule has 0 aromatic heterocycles. The predicted molar refractivity (Wildman–Crippen MR) is 44.4 cm³/mol. The molecule has 66 valence electrons. The molecule has 2 heteroatoms. The van der Waals surface area contributed by atoms with Gasteiger partial charge in [0.2, 0.25) is 0 Å². The summed E-state index contributed by atoms with van der Waals surface area (Å²) in [6.07, 6.45) is 3.34. The van der Waals surface area contributed by atoms with E-state index >= 15 is 0 Å². The van der Waals surface area contributed by atoms with Crippen LogP contribution in [0.1, 0.15) is 33.1 Å². The van der Waals surface area contributed by atoms with E-state index in [0.717, 1.165) is 25.9 Å². The molecule has 0 aromatic rings. The van der Waals surface area contributed by atoms with E-state index < -0.39 is 0 Å². The van der Waals surface area contributed by atoms with Gasteiger partial charge >= 0.3 is 0 Å². The standard InChI is InChI=1S/C9H18O2/c1-3-9(10)7-5-8(6-7)11-4-2/h7-10H,3-6H2,1-2H3. The van der Waals surface area contributed by atoms with Crippen molar-refractivity contribution >= 4 is 0 Å². The van der Waals surface area contributed by atoms with Crippen LogP contribution in [0.4, 0.5) is 0 Å². The van der Waals surface area contributed by atoms with E-state index in [-0.39, 0.29) is 6.10 Å². The zero-order chi connectivity index (χ0) is 8.27. The topological polar surface area (TPSA) is 29.5 Å². The van der Waals surface area contributed by atoms with E-state index in [0.29, 0.717) is 12.0 Å². The first-order valence-electron chi connectivity index (χ1n) is 4.57. The third-order valence-corrected chi connectivity index (χ3v) is 2.50. The molecule has 0 amide bonds. The quantitative estimate of drug-likeness (QED) is 0.673. The molecule has 2 nitrogen and oxygen atoms in total. The van der Waals surface area contributed by atoms with Crippen molar-refractivity contribution in [2.24, 2.45) is 5.92 Å². The van der Waals surface area contributed by atoms with Crippen molar-refractivity contribution in [2.45, 2.75) is 45.3 Å². The third kappa shape index (κ3) is 2.17. The molecule has 0 bridgehead atoms. The summed E-state index contributed by atoms with van der Waals surface area (Å²) in [6, 6.07) is 0. The minimum absolute atomic E-state index is 0.0910. The van der Waals surface area contributed by atoms with E-state index in [9.17, 15) is 5.11 Å². The molecule has 1 N–H and O–H groups in total. The van der Waals surface area contributed by atoms with E-state index in [2.05, 4.69) is 0 Å². The summed E-state index contributed by atoms with van der Waals surface area (Å²) in [6.45, 7) is 4.85. The Morgan fingerprint density at radius 3 is 2.55 bits per heavy atom. The van der Waals surface area contributed by atoms with Gasteiger partial charge in [0, 0.05) is 6.61 Å². The molecule has 1 aliphatic rings. The van der Waals surface area contributed by atoms with Gasteiger partial charge in [-0.05, 0) is 32.1 Å². The molecule has 1 saturated carbocycles. The average Bonchev–Trinajstić information content (AvgIpc) is 1.94. The zero-order valence-electron chi connectivity index (χ0n) is 7.42. The van der Waals surface area contributed by atoms with Gasteiger partial charge in [-0.3, -0.25) is 0 Å². The van der Waals surface area contributed by atoms with Gasteiger partial charge in [-0.2, -0.15) is 0 Å². The Bertz CT molecular complexity index is 108. The van der Waals surface area contributed by atoms with Gasteiger partial charge in [-0.15, -0.1) is 0 Å². The van der Waals surface area contributed by atoms with Crippen LogP contribution in [0.3, 0.4) is 0 Å². The van der Waals surface area contributed by atoms with Crippen molar-refractivity contribution in [3.05, 3.63) is 0 Å². The maximum atomic E-state index is 9.41. The lowest BCUT2D eigenvalue weighted by Gasteiger charge is -2.37. The second-order valence-corrected chi connectivity index (χ2v) is 3.28. The Morgan fingerprint density at radius 1 is 1.45 bits per heavy atom. The van der Waals surface area contributed by atoms with Crippen molar-refractivity contribution < 1.29 is 9.84 Å². The van der Waals surface area contributed by atoms with Crippen molar-refractivity contribution in [1.29, 1.82) is 0 Å². The lowest BCUT2D eigenvalue weighted by Crippen LogP contribution is -2.38. The summed E-state index contributed by atoms with van der Waals surface area (Å²) in [4.78, 5) is 0. The molecular formula is C9H18O2. The Kier molecular flexibility index (Phi) is 3.34. The summed E-state index contributed by atoms with van der Waals surface area (Å²) in [5, 5.41) is 9.41. The van der Waals surface area contributed by atoms with Gasteiger partial charge in [0.05, 0.1) is 12.2 Å². The molecule has 0 spiro atoms. The maximum absolute atomic E-state index is 9.41. The lowest BCUT2D eigenvalue weighted by atomic mass is 9.77. The third-order valence-electron chi connectivity index (χ3n) is 2.50. The Balaban J connectivity index is 2.08. The Hall–Kier alpha value is -0.0800. The fourth-order valence-electron chi connectivity index (χ4n) is 1.63. The minimum atomic E-state index is -0.0910. The van der Waals surface area contributed by atoms with E-state index in [1.807, 2.05) is 13.8 Å². The first-order valence-corrected chi connectivity index (χ1v) is 4.57. The van der Waals surface area contributed by atoms with Crippen LogP contribution in [0.5, 0.6) is 0 Å². The summed E-state index contributed by atoms with van der Waals surface area (Å²) < 4.78 is 5.39. The van der Waals surface area contributed by atoms with Gasteiger partial charge in [-0.1, -0.05) is 6.92 Å². The molecule has 0 aliphatic heterocycles. The number of hydrogen-bond donors (Lipinski definition) is 1. The van der Waals surface area contributed by atoms with Crippen LogP contribution >= 0.6 is 0 Å². The highest BCUT2D eigenvalue weighted by Gasteiger charge is 2.33. The molecular weight excluding hydrogens is 140 g/mol. The van der Waals surface area contributed by atoms with Gasteiger partial charge in [0.15, 0.2) is 0 Å². The van der Waals surface area contributed by atoms with Crippen LogP contribution in [-0.2, 0) is 4.74 Å². The first-order chi connectivity index (χ1) is 5.27. The molecule has 1 aliphatic carbocycles. The largest absolute Gasteiger partial charge is 0.393 e. The SMILES string of the molecule is CCOC1CC(C(O)CC)C1. The van der Waals surface area contributed by atoms with Crippen molar-refractivity contribution in [3.8, 4) is 0 Å². The smallest absolute Gasteiger partial charge is 0.0582 e. The summed E-state index contributed by atoms with van der Waals surface area (Å²) >= 11 is 0. The fraction of sp³-hybridized carbons (Fsp3) is 1.00. The number of aliphatic hydroxyl groups excluding tert-OH is 1. The lowest BCUT2D eigenvalue weighted by molar-refractivity contribution is -0.0665. The predicted octanol–water partition coefficient (Wildman–Crippen LogP) is 1.57. The second-order valence-electron chi connectivity index (χ2n) is 3.28. The van der Waals surface area contributed by atoms with Crippen LogP contribution in [0.2, 0.25) is 0 Å². The number of hydrogen-bond acceptors (Lipinski definition) is 2. The molecule has 0 aromatic carbocycles. The van der Waals surface area contributed by atoms with Crippen LogP contribution in [0.25, 0.3) is 0 Å². The average molecular weight is 158 g/mol. The molecule has 0 radical (unpaired) electrons. The van der Waals surface area contributed by atoms with Gasteiger partial charge in [0.25, 0.3) is 0 Å². The summed E-state index contributed by atoms with van der Waals surface area (Å²) in [5.74, 6) is 0.511. The van der Waals surface area contributed by atoms with Crippen molar-refractivity contribution in [2.75, 3.05) is 6.61 Å². The van der Waals surface area contributed by atoms with Crippen molar-refractivity contribution in [1.82, 2.24) is 0 Å². The second kappa shape index (κ2) is 4.07. The molecule has 1 unspecified atom stereocenters. The zero-order valence-corrected chi connectivity index (χ0v) is 7.42. The Labute approximate surface area is 68.6 Å². The highest BCUT2D eigenvalue weighted by molar-refractivity contribution is 4.84. The van der Waals surface area contributed by atoms with Crippen LogP contribution < -0.4 is 0 Å². The molecule has 0 heterocycles. The van der Waals surface area contributed by atoms with Crippen LogP contribution in [0, 0.1) is 5.92 Å². The molecule has 1 atom stereocenters. The monoisotopic (exact) mass is 158 g/mol. The van der Waals surface area contributed by atoms with Gasteiger partial charge < -0.3 is 9.84 Å². The fourth-order valence-corrected chi connectivity index (χ4v) is 1.63. The van der Waals surface area contributed by atoms with Gasteiger partial charge in [-0.25, -0.2) is 0 Å². The van der Waals surface area contributed by atoms with E-state index in [1.54, 1.807) is 0 Å². The molecule has 11 heavy (non-hydrogen) atoms. The minimum Gasteiger partial charge on any atom is -0.393 e. The molecule has 1 fully saturated rings. The summed E-state index contributed by atoms with van der Waals surface area (Å²) in [5.41, 5.74) is 0. The number of rotatable bonds is 4. The molecule has 0 saturated heterocycles.